The van der Waals surface area contributed by atoms with Crippen molar-refractivity contribution in [3.8, 4) is 0 Å². The molecule has 4 atom stereocenters. The molecule has 2 saturated carbocycles. The Bertz CT molecular complexity index is 495. The van der Waals surface area contributed by atoms with Crippen molar-refractivity contribution in [3.05, 3.63) is 12.2 Å². The zero-order chi connectivity index (χ0) is 19.1. The fraction of sp³-hybridized carbons (Fsp3) is 0.810. The van der Waals surface area contributed by atoms with Crippen LogP contribution in [0.3, 0.4) is 0 Å². The second kappa shape index (κ2) is 10.2. The Hall–Kier alpha value is -1.20. The van der Waals surface area contributed by atoms with Gasteiger partial charge in [0.15, 0.2) is 0 Å². The van der Waals surface area contributed by atoms with Crippen molar-refractivity contribution < 1.29 is 24.2 Å². The molecule has 0 amide bonds. The normalized spacial score (nSPS) is 28.3. The number of Topliss-reactive ketones (excluding diaryl/α,β-unsaturated/α-hetero) is 1. The number of esters is 1. The third-order valence-electron chi connectivity index (χ3n) is 5.74. The number of rotatable bonds is 8. The average molecular weight is 366 g/mol. The minimum Gasteiger partial charge on any atom is -0.457 e. The first-order valence-electron chi connectivity index (χ1n) is 10.1. The lowest BCUT2D eigenvalue weighted by molar-refractivity contribution is -0.151. The molecule has 4 unspecified atom stereocenters. The summed E-state index contributed by atoms with van der Waals surface area (Å²) in [5.41, 5.74) is 0.376. The monoisotopic (exact) mass is 366 g/mol. The van der Waals surface area contributed by atoms with Crippen LogP contribution >= 0.6 is 0 Å². The van der Waals surface area contributed by atoms with Crippen molar-refractivity contribution in [1.82, 2.24) is 0 Å². The van der Waals surface area contributed by atoms with E-state index in [0.717, 1.165) is 32.1 Å². The summed E-state index contributed by atoms with van der Waals surface area (Å²) in [5, 5.41) is 10.5. The van der Waals surface area contributed by atoms with E-state index in [9.17, 15) is 14.7 Å². The van der Waals surface area contributed by atoms with E-state index in [-0.39, 0.29) is 29.8 Å². The highest BCUT2D eigenvalue weighted by atomic mass is 16.6. The molecule has 2 rings (SSSR count). The number of carbonyl (C=O) groups is 2. The highest BCUT2D eigenvalue weighted by molar-refractivity contribution is 5.87. The first kappa shape index (κ1) is 21.1. The van der Waals surface area contributed by atoms with Crippen LogP contribution in [0.2, 0.25) is 0 Å². The number of ketones is 1. The van der Waals surface area contributed by atoms with Gasteiger partial charge < -0.3 is 14.6 Å². The smallest absolute Gasteiger partial charge is 0.333 e. The molecule has 0 spiro atoms. The van der Waals surface area contributed by atoms with Gasteiger partial charge in [-0.2, -0.15) is 0 Å². The van der Waals surface area contributed by atoms with Crippen LogP contribution < -0.4 is 0 Å². The molecule has 0 radical (unpaired) electrons. The molecular formula is C21H34O5. The molecular weight excluding hydrogens is 332 g/mol. The van der Waals surface area contributed by atoms with Crippen LogP contribution in [-0.2, 0) is 19.1 Å². The number of hydrogen-bond acceptors (Lipinski definition) is 5. The van der Waals surface area contributed by atoms with Crippen LogP contribution in [-0.4, -0.2) is 41.8 Å². The third-order valence-corrected chi connectivity index (χ3v) is 5.74. The van der Waals surface area contributed by atoms with Crippen LogP contribution in [0.5, 0.6) is 0 Å². The van der Waals surface area contributed by atoms with E-state index in [1.54, 1.807) is 6.92 Å². The minimum absolute atomic E-state index is 0.0852. The molecule has 5 heteroatoms. The molecule has 148 valence electrons. The van der Waals surface area contributed by atoms with Crippen LogP contribution in [0.4, 0.5) is 0 Å². The first-order chi connectivity index (χ1) is 12.4. The number of ether oxygens (including phenoxy) is 2. The van der Waals surface area contributed by atoms with Crippen LogP contribution in [0.25, 0.3) is 0 Å². The van der Waals surface area contributed by atoms with Gasteiger partial charge in [-0.1, -0.05) is 32.8 Å². The summed E-state index contributed by atoms with van der Waals surface area (Å²) < 4.78 is 11.2. The van der Waals surface area contributed by atoms with Crippen molar-refractivity contribution in [2.24, 2.45) is 11.8 Å². The second-order valence-electron chi connectivity index (χ2n) is 7.90. The van der Waals surface area contributed by atoms with Gasteiger partial charge in [0.05, 0.1) is 18.8 Å². The zero-order valence-corrected chi connectivity index (χ0v) is 16.2. The SMILES string of the molecule is C=C(C)C(=O)OC(CC)COC1CCC(C(=O)C2CCCCC2)C(O)C1. The Morgan fingerprint density at radius 3 is 2.42 bits per heavy atom. The van der Waals surface area contributed by atoms with Crippen molar-refractivity contribution in [1.29, 1.82) is 0 Å². The van der Waals surface area contributed by atoms with E-state index >= 15 is 0 Å². The van der Waals surface area contributed by atoms with Gasteiger partial charge >= 0.3 is 5.97 Å². The maximum Gasteiger partial charge on any atom is 0.333 e. The summed E-state index contributed by atoms with van der Waals surface area (Å²) in [4.78, 5) is 24.3. The lowest BCUT2D eigenvalue weighted by atomic mass is 9.74. The number of aliphatic hydroxyl groups is 1. The summed E-state index contributed by atoms with van der Waals surface area (Å²) >= 11 is 0. The molecule has 2 fully saturated rings. The fourth-order valence-corrected chi connectivity index (χ4v) is 4.01. The Kier molecular flexibility index (Phi) is 8.29. The Morgan fingerprint density at radius 1 is 1.15 bits per heavy atom. The van der Waals surface area contributed by atoms with Gasteiger partial charge in [0.25, 0.3) is 0 Å². The Morgan fingerprint density at radius 2 is 1.85 bits per heavy atom. The van der Waals surface area contributed by atoms with Gasteiger partial charge in [-0.05, 0) is 39.0 Å². The Labute approximate surface area is 157 Å². The highest BCUT2D eigenvalue weighted by Crippen LogP contribution is 2.34. The molecule has 0 bridgehead atoms. The maximum atomic E-state index is 12.7. The maximum absolute atomic E-state index is 12.7. The molecule has 26 heavy (non-hydrogen) atoms. The molecule has 0 saturated heterocycles. The van der Waals surface area contributed by atoms with Crippen LogP contribution in [0.1, 0.15) is 71.6 Å². The summed E-state index contributed by atoms with van der Waals surface area (Å²) in [5.74, 6) is -0.229. The lowest BCUT2D eigenvalue weighted by Crippen LogP contribution is -2.41. The molecule has 0 aromatic heterocycles. The van der Waals surface area contributed by atoms with E-state index in [1.165, 1.54) is 6.42 Å². The lowest BCUT2D eigenvalue weighted by Gasteiger charge is -2.35. The van der Waals surface area contributed by atoms with E-state index in [2.05, 4.69) is 6.58 Å². The molecule has 1 N–H and O–H groups in total. The summed E-state index contributed by atoms with van der Waals surface area (Å²) in [7, 11) is 0. The van der Waals surface area contributed by atoms with Crippen molar-refractivity contribution in [2.45, 2.75) is 89.9 Å². The highest BCUT2D eigenvalue weighted by Gasteiger charge is 2.37. The number of hydrogen-bond donors (Lipinski definition) is 1. The number of aliphatic hydroxyl groups excluding tert-OH is 1. The van der Waals surface area contributed by atoms with Gasteiger partial charge in [-0.15, -0.1) is 0 Å². The van der Waals surface area contributed by atoms with E-state index < -0.39 is 12.1 Å². The quantitative estimate of drug-likeness (QED) is 0.525. The van der Waals surface area contributed by atoms with Gasteiger partial charge in [0.2, 0.25) is 0 Å². The fourth-order valence-electron chi connectivity index (χ4n) is 4.01. The minimum atomic E-state index is -0.624. The summed E-state index contributed by atoms with van der Waals surface area (Å²) in [6.07, 6.45) is 7.03. The summed E-state index contributed by atoms with van der Waals surface area (Å²) in [6, 6.07) is 0. The molecule has 2 aliphatic carbocycles. The van der Waals surface area contributed by atoms with E-state index in [1.807, 2.05) is 6.92 Å². The standard InChI is InChI=1S/C21H34O5/c1-4-16(26-21(24)14(2)3)13-25-17-10-11-18(19(22)12-17)20(23)15-8-6-5-7-9-15/h15-19,22H,2,4-13H2,1,3H3. The third kappa shape index (κ3) is 5.92. The first-order valence-corrected chi connectivity index (χ1v) is 10.1. The largest absolute Gasteiger partial charge is 0.457 e. The van der Waals surface area contributed by atoms with Gasteiger partial charge in [-0.3, -0.25) is 4.79 Å². The van der Waals surface area contributed by atoms with Crippen LogP contribution in [0.15, 0.2) is 12.2 Å². The molecule has 5 nitrogen and oxygen atoms in total. The predicted octanol–water partition coefficient (Wildman–Crippen LogP) is 3.58. The number of carbonyl (C=O) groups excluding carboxylic acids is 2. The van der Waals surface area contributed by atoms with E-state index in [4.69, 9.17) is 9.47 Å². The topological polar surface area (TPSA) is 72.8 Å². The van der Waals surface area contributed by atoms with Gasteiger partial charge in [0.1, 0.15) is 11.9 Å². The van der Waals surface area contributed by atoms with Gasteiger partial charge in [-0.25, -0.2) is 4.79 Å². The Balaban J connectivity index is 1.77. The zero-order valence-electron chi connectivity index (χ0n) is 16.2. The predicted molar refractivity (Wildman–Crippen MR) is 99.7 cm³/mol. The van der Waals surface area contributed by atoms with Gasteiger partial charge in [0, 0.05) is 23.8 Å². The van der Waals surface area contributed by atoms with Crippen LogP contribution in [0, 0.1) is 11.8 Å². The summed E-state index contributed by atoms with van der Waals surface area (Å²) in [6.45, 7) is 7.46. The molecule has 0 heterocycles. The van der Waals surface area contributed by atoms with Crippen molar-refractivity contribution in [2.75, 3.05) is 6.61 Å². The molecule has 0 aliphatic heterocycles. The van der Waals surface area contributed by atoms with Crippen molar-refractivity contribution in [3.63, 3.8) is 0 Å². The molecule has 0 aromatic rings. The van der Waals surface area contributed by atoms with E-state index in [0.29, 0.717) is 31.4 Å². The second-order valence-corrected chi connectivity index (χ2v) is 7.90. The molecule has 2 aliphatic rings. The molecule has 0 aromatic carbocycles. The average Bonchev–Trinajstić information content (AvgIpc) is 2.65. The van der Waals surface area contributed by atoms with Crippen molar-refractivity contribution >= 4 is 11.8 Å².